The number of benzene rings is 1. The zero-order valence-corrected chi connectivity index (χ0v) is 12.9. The molecule has 2 aliphatic heterocycles. The Kier molecular flexibility index (Phi) is 3.85. The number of anilines is 1. The highest BCUT2D eigenvalue weighted by Crippen LogP contribution is 2.33. The minimum absolute atomic E-state index is 0.287. The van der Waals surface area contributed by atoms with Crippen LogP contribution in [0.25, 0.3) is 10.8 Å². The van der Waals surface area contributed by atoms with Gasteiger partial charge in [0.25, 0.3) is 0 Å². The van der Waals surface area contributed by atoms with Crippen molar-refractivity contribution in [1.82, 2.24) is 10.3 Å². The average Bonchev–Trinajstić information content (AvgIpc) is 3.10. The number of piperidine rings is 1. The molecule has 1 aromatic heterocycles. The van der Waals surface area contributed by atoms with Gasteiger partial charge in [-0.2, -0.15) is 0 Å². The maximum atomic E-state index is 6.22. The highest BCUT2D eigenvalue weighted by molar-refractivity contribution is 5.97. The predicted molar refractivity (Wildman–Crippen MR) is 89.7 cm³/mol. The molecular weight excluding hydrogens is 274 g/mol. The molecule has 0 bridgehead atoms. The van der Waals surface area contributed by atoms with Crippen molar-refractivity contribution in [3.05, 3.63) is 30.5 Å². The van der Waals surface area contributed by atoms with Crippen molar-refractivity contribution in [3.63, 3.8) is 0 Å². The standard InChI is InChI=1S/C18H23N3O/c1-2-13-21(12-1)17-5-3-4-16-15(17)8-11-20-18(16)22-14-6-9-19-10-7-14/h3-5,8,11,14,19H,1-2,6-7,9-10,12-13H2. The molecule has 1 N–H and O–H groups in total. The van der Waals surface area contributed by atoms with E-state index in [4.69, 9.17) is 4.74 Å². The monoisotopic (exact) mass is 297 g/mol. The second-order valence-corrected chi connectivity index (χ2v) is 6.25. The number of hydrogen-bond donors (Lipinski definition) is 1. The third kappa shape index (κ3) is 2.63. The number of ether oxygens (including phenoxy) is 1. The second kappa shape index (κ2) is 6.13. The Morgan fingerprint density at radius 1 is 1.05 bits per heavy atom. The van der Waals surface area contributed by atoms with Crippen molar-refractivity contribution in [2.24, 2.45) is 0 Å². The third-order valence-electron chi connectivity index (χ3n) is 4.76. The van der Waals surface area contributed by atoms with Crippen molar-refractivity contribution in [3.8, 4) is 5.88 Å². The van der Waals surface area contributed by atoms with E-state index in [1.54, 1.807) is 0 Å². The van der Waals surface area contributed by atoms with Crippen LogP contribution >= 0.6 is 0 Å². The van der Waals surface area contributed by atoms with Crippen LogP contribution in [0.5, 0.6) is 5.88 Å². The van der Waals surface area contributed by atoms with Crippen LogP contribution in [0.3, 0.4) is 0 Å². The quantitative estimate of drug-likeness (QED) is 0.945. The fourth-order valence-corrected chi connectivity index (χ4v) is 3.56. The van der Waals surface area contributed by atoms with Crippen LogP contribution in [0.4, 0.5) is 5.69 Å². The van der Waals surface area contributed by atoms with Gasteiger partial charge < -0.3 is 15.0 Å². The van der Waals surface area contributed by atoms with Crippen LogP contribution in [0, 0.1) is 0 Å². The van der Waals surface area contributed by atoms with E-state index in [9.17, 15) is 0 Å². The summed E-state index contributed by atoms with van der Waals surface area (Å²) in [6.45, 7) is 4.39. The van der Waals surface area contributed by atoms with E-state index >= 15 is 0 Å². The van der Waals surface area contributed by atoms with Crippen molar-refractivity contribution in [1.29, 1.82) is 0 Å². The summed E-state index contributed by atoms with van der Waals surface area (Å²) >= 11 is 0. The van der Waals surface area contributed by atoms with Crippen molar-refractivity contribution >= 4 is 16.5 Å². The number of hydrogen-bond acceptors (Lipinski definition) is 4. The fraction of sp³-hybridized carbons (Fsp3) is 0.500. The Morgan fingerprint density at radius 2 is 1.86 bits per heavy atom. The summed E-state index contributed by atoms with van der Waals surface area (Å²) in [7, 11) is 0. The highest BCUT2D eigenvalue weighted by atomic mass is 16.5. The number of nitrogens with one attached hydrogen (secondary N) is 1. The molecule has 0 radical (unpaired) electrons. The fourth-order valence-electron chi connectivity index (χ4n) is 3.56. The van der Waals surface area contributed by atoms with Gasteiger partial charge >= 0.3 is 0 Å². The molecule has 22 heavy (non-hydrogen) atoms. The first-order chi connectivity index (χ1) is 10.9. The molecule has 2 aliphatic rings. The molecule has 4 heteroatoms. The normalized spacial score (nSPS) is 19.7. The van der Waals surface area contributed by atoms with Gasteiger partial charge in [0.15, 0.2) is 0 Å². The summed E-state index contributed by atoms with van der Waals surface area (Å²) < 4.78 is 6.22. The average molecular weight is 297 g/mol. The maximum absolute atomic E-state index is 6.22. The number of fused-ring (bicyclic) bond motifs is 1. The van der Waals surface area contributed by atoms with Crippen LogP contribution in [-0.4, -0.2) is 37.3 Å². The van der Waals surface area contributed by atoms with Crippen LogP contribution in [-0.2, 0) is 0 Å². The Balaban J connectivity index is 1.68. The zero-order chi connectivity index (χ0) is 14.8. The van der Waals surface area contributed by atoms with E-state index in [1.807, 2.05) is 6.20 Å². The minimum atomic E-state index is 0.287. The maximum Gasteiger partial charge on any atom is 0.221 e. The van der Waals surface area contributed by atoms with E-state index in [0.29, 0.717) is 0 Å². The van der Waals surface area contributed by atoms with E-state index < -0.39 is 0 Å². The van der Waals surface area contributed by atoms with E-state index in [0.717, 1.165) is 50.3 Å². The van der Waals surface area contributed by atoms with E-state index in [2.05, 4.69) is 39.5 Å². The smallest absolute Gasteiger partial charge is 0.221 e. The molecule has 2 aromatic rings. The SMILES string of the molecule is c1cc(N2CCCC2)c2ccnc(OC3CCNCC3)c2c1. The molecule has 2 fully saturated rings. The van der Waals surface area contributed by atoms with Crippen molar-refractivity contribution in [2.75, 3.05) is 31.1 Å². The predicted octanol–water partition coefficient (Wildman–Crippen LogP) is 2.97. The Morgan fingerprint density at radius 3 is 2.68 bits per heavy atom. The summed E-state index contributed by atoms with van der Waals surface area (Å²) in [4.78, 5) is 6.99. The molecule has 0 spiro atoms. The van der Waals surface area contributed by atoms with Gasteiger partial charge in [0.1, 0.15) is 6.10 Å². The topological polar surface area (TPSA) is 37.4 Å². The Hall–Kier alpha value is -1.81. The van der Waals surface area contributed by atoms with Crippen LogP contribution in [0.15, 0.2) is 30.5 Å². The number of aromatic nitrogens is 1. The van der Waals surface area contributed by atoms with Crippen molar-refractivity contribution < 1.29 is 4.74 Å². The van der Waals surface area contributed by atoms with Crippen LogP contribution in [0.2, 0.25) is 0 Å². The van der Waals surface area contributed by atoms with E-state index in [1.165, 1.54) is 23.9 Å². The summed E-state index contributed by atoms with van der Waals surface area (Å²) in [6, 6.07) is 8.62. The summed E-state index contributed by atoms with van der Waals surface area (Å²) in [5, 5.41) is 5.79. The lowest BCUT2D eigenvalue weighted by molar-refractivity contribution is 0.158. The molecule has 0 unspecified atom stereocenters. The molecule has 3 heterocycles. The molecule has 0 amide bonds. The molecule has 4 nitrogen and oxygen atoms in total. The lowest BCUT2D eigenvalue weighted by atomic mass is 10.1. The van der Waals surface area contributed by atoms with Gasteiger partial charge in [0.05, 0.1) is 0 Å². The lowest BCUT2D eigenvalue weighted by Gasteiger charge is -2.24. The van der Waals surface area contributed by atoms with Gasteiger partial charge in [-0.3, -0.25) is 0 Å². The summed E-state index contributed by atoms with van der Waals surface area (Å²) in [5.74, 6) is 0.797. The van der Waals surface area contributed by atoms with Gasteiger partial charge in [0, 0.05) is 35.7 Å². The third-order valence-corrected chi connectivity index (χ3v) is 4.76. The summed E-state index contributed by atoms with van der Waals surface area (Å²) in [5.41, 5.74) is 1.33. The van der Waals surface area contributed by atoms with Gasteiger partial charge in [-0.25, -0.2) is 4.98 Å². The van der Waals surface area contributed by atoms with Gasteiger partial charge in [-0.1, -0.05) is 6.07 Å². The first-order valence-electron chi connectivity index (χ1n) is 8.42. The molecule has 116 valence electrons. The Labute approximate surface area is 131 Å². The van der Waals surface area contributed by atoms with Crippen molar-refractivity contribution in [2.45, 2.75) is 31.8 Å². The highest BCUT2D eigenvalue weighted by Gasteiger charge is 2.19. The second-order valence-electron chi connectivity index (χ2n) is 6.25. The molecule has 4 rings (SSSR count). The van der Waals surface area contributed by atoms with Gasteiger partial charge in [-0.05, 0) is 57.0 Å². The largest absolute Gasteiger partial charge is 0.474 e. The lowest BCUT2D eigenvalue weighted by Crippen LogP contribution is -2.34. The summed E-state index contributed by atoms with van der Waals surface area (Å²) in [6.07, 6.45) is 6.88. The van der Waals surface area contributed by atoms with Crippen LogP contribution < -0.4 is 15.0 Å². The van der Waals surface area contributed by atoms with Crippen LogP contribution in [0.1, 0.15) is 25.7 Å². The zero-order valence-electron chi connectivity index (χ0n) is 12.9. The molecule has 1 aromatic carbocycles. The minimum Gasteiger partial charge on any atom is -0.474 e. The molecular formula is C18H23N3O. The number of pyridine rings is 1. The first-order valence-corrected chi connectivity index (χ1v) is 8.42. The molecule has 0 atom stereocenters. The number of nitrogens with zero attached hydrogens (tertiary/aromatic N) is 2. The Bertz CT molecular complexity index is 646. The molecule has 2 saturated heterocycles. The number of rotatable bonds is 3. The molecule has 0 saturated carbocycles. The molecule has 0 aliphatic carbocycles. The first kappa shape index (κ1) is 13.8. The van der Waals surface area contributed by atoms with Gasteiger partial charge in [-0.15, -0.1) is 0 Å². The van der Waals surface area contributed by atoms with Gasteiger partial charge in [0.2, 0.25) is 5.88 Å². The van der Waals surface area contributed by atoms with E-state index in [-0.39, 0.29) is 6.10 Å².